The zero-order valence-corrected chi connectivity index (χ0v) is 19.0. The van der Waals surface area contributed by atoms with Gasteiger partial charge in [-0.05, 0) is 69.1 Å². The number of rotatable bonds is 12. The summed E-state index contributed by atoms with van der Waals surface area (Å²) in [4.78, 5) is 14.3. The largest absolute Gasteiger partial charge is 0.491 e. The van der Waals surface area contributed by atoms with Gasteiger partial charge < -0.3 is 20.3 Å². The molecule has 0 saturated heterocycles. The zero-order chi connectivity index (χ0) is 21.8. The number of urea groups is 1. The average molecular weight is 412 g/mol. The molecule has 2 aromatic carbocycles. The van der Waals surface area contributed by atoms with Crippen LogP contribution in [-0.4, -0.2) is 38.2 Å². The number of para-hydroxylation sites is 2. The lowest BCUT2D eigenvalue weighted by Crippen LogP contribution is -2.29. The number of benzene rings is 2. The molecule has 0 radical (unpaired) electrons. The Balaban J connectivity index is 1.80. The second kappa shape index (κ2) is 12.9. The highest BCUT2D eigenvalue weighted by molar-refractivity contribution is 5.90. The minimum absolute atomic E-state index is 0.185. The van der Waals surface area contributed by atoms with Gasteiger partial charge in [-0.25, -0.2) is 4.79 Å². The third kappa shape index (κ3) is 8.46. The molecule has 0 bridgehead atoms. The smallest absolute Gasteiger partial charge is 0.319 e. The summed E-state index contributed by atoms with van der Waals surface area (Å²) in [6.45, 7) is 6.58. The van der Waals surface area contributed by atoms with Crippen molar-refractivity contribution in [1.82, 2.24) is 10.2 Å². The van der Waals surface area contributed by atoms with E-state index in [2.05, 4.69) is 61.7 Å². The lowest BCUT2D eigenvalue weighted by molar-refractivity contribution is 0.251. The Kier molecular flexibility index (Phi) is 10.2. The normalized spacial score (nSPS) is 10.8. The summed E-state index contributed by atoms with van der Waals surface area (Å²) in [6, 6.07) is 14.1. The lowest BCUT2D eigenvalue weighted by atomic mass is 10.0. The topological polar surface area (TPSA) is 53.6 Å². The molecule has 0 aromatic heterocycles. The van der Waals surface area contributed by atoms with Crippen molar-refractivity contribution >= 4 is 11.7 Å². The van der Waals surface area contributed by atoms with E-state index in [4.69, 9.17) is 4.74 Å². The standard InChI is InChI=1S/C25H37N3O2/c1-5-6-9-16-26-25(29)27-23-12-7-8-13-24(23)30-17-10-11-22-15-14-21(18-20(22)2)19-28(3)4/h7-8,12-15,18H,5-6,9-11,16-17,19H2,1-4H3,(H2,26,27,29). The van der Waals surface area contributed by atoms with E-state index in [1.807, 2.05) is 24.3 Å². The van der Waals surface area contributed by atoms with Crippen LogP contribution in [0, 0.1) is 6.92 Å². The molecule has 0 aliphatic carbocycles. The second-order valence-electron chi connectivity index (χ2n) is 8.03. The average Bonchev–Trinajstić information content (AvgIpc) is 2.70. The summed E-state index contributed by atoms with van der Waals surface area (Å²) in [5, 5.41) is 5.79. The van der Waals surface area contributed by atoms with Crippen LogP contribution in [0.4, 0.5) is 10.5 Å². The predicted octanol–water partition coefficient (Wildman–Crippen LogP) is 5.38. The minimum atomic E-state index is -0.185. The van der Waals surface area contributed by atoms with Crippen LogP contribution in [0.15, 0.2) is 42.5 Å². The highest BCUT2D eigenvalue weighted by Crippen LogP contribution is 2.24. The second-order valence-corrected chi connectivity index (χ2v) is 8.03. The highest BCUT2D eigenvalue weighted by Gasteiger charge is 2.07. The Labute approximate surface area is 181 Å². The van der Waals surface area contributed by atoms with Gasteiger partial charge in [-0.15, -0.1) is 0 Å². The number of amides is 2. The third-order valence-electron chi connectivity index (χ3n) is 4.95. The first-order chi connectivity index (χ1) is 14.5. The van der Waals surface area contributed by atoms with Crippen LogP contribution < -0.4 is 15.4 Å². The molecule has 2 amide bonds. The van der Waals surface area contributed by atoms with Crippen LogP contribution in [0.5, 0.6) is 5.75 Å². The van der Waals surface area contributed by atoms with E-state index in [1.54, 1.807) is 0 Å². The lowest BCUT2D eigenvalue weighted by Gasteiger charge is -2.14. The summed E-state index contributed by atoms with van der Waals surface area (Å²) < 4.78 is 5.97. The maximum atomic E-state index is 12.1. The number of hydrogen-bond donors (Lipinski definition) is 2. The Morgan fingerprint density at radius 3 is 2.60 bits per heavy atom. The number of carbonyl (C=O) groups is 1. The van der Waals surface area contributed by atoms with Crippen molar-refractivity contribution in [2.45, 2.75) is 52.5 Å². The first-order valence-corrected chi connectivity index (χ1v) is 11.0. The number of anilines is 1. The minimum Gasteiger partial charge on any atom is -0.491 e. The van der Waals surface area contributed by atoms with Crippen molar-refractivity contribution in [3.8, 4) is 5.75 Å². The molecule has 5 heteroatoms. The molecule has 5 nitrogen and oxygen atoms in total. The molecule has 30 heavy (non-hydrogen) atoms. The quantitative estimate of drug-likeness (QED) is 0.461. The summed E-state index contributed by atoms with van der Waals surface area (Å²) in [6.07, 6.45) is 5.15. The molecule has 164 valence electrons. The molecule has 2 rings (SSSR count). The van der Waals surface area contributed by atoms with Gasteiger partial charge in [-0.2, -0.15) is 0 Å². The number of hydrogen-bond acceptors (Lipinski definition) is 3. The predicted molar refractivity (Wildman–Crippen MR) is 125 cm³/mol. The Morgan fingerprint density at radius 2 is 1.87 bits per heavy atom. The first kappa shape index (κ1) is 23.7. The van der Waals surface area contributed by atoms with Crippen molar-refractivity contribution in [2.75, 3.05) is 32.6 Å². The number of nitrogens with zero attached hydrogens (tertiary/aromatic N) is 1. The van der Waals surface area contributed by atoms with Gasteiger partial charge in [0.1, 0.15) is 5.75 Å². The van der Waals surface area contributed by atoms with Gasteiger partial charge in [-0.3, -0.25) is 0 Å². The van der Waals surface area contributed by atoms with Crippen molar-refractivity contribution < 1.29 is 9.53 Å². The third-order valence-corrected chi connectivity index (χ3v) is 4.95. The molecule has 0 aliphatic rings. The van der Waals surface area contributed by atoms with Crippen LogP contribution in [-0.2, 0) is 13.0 Å². The molecule has 0 aliphatic heterocycles. The molecule has 0 spiro atoms. The molecular formula is C25H37N3O2. The van der Waals surface area contributed by atoms with Gasteiger partial charge in [0, 0.05) is 13.1 Å². The number of nitrogens with one attached hydrogen (secondary N) is 2. The summed E-state index contributed by atoms with van der Waals surface area (Å²) >= 11 is 0. The summed E-state index contributed by atoms with van der Waals surface area (Å²) in [7, 11) is 4.17. The molecule has 2 N–H and O–H groups in total. The van der Waals surface area contributed by atoms with Crippen LogP contribution in [0.2, 0.25) is 0 Å². The maximum Gasteiger partial charge on any atom is 0.319 e. The molecule has 0 fully saturated rings. The fraction of sp³-hybridized carbons (Fsp3) is 0.480. The Bertz CT molecular complexity index is 790. The van der Waals surface area contributed by atoms with Gasteiger partial charge >= 0.3 is 6.03 Å². The Morgan fingerprint density at radius 1 is 1.07 bits per heavy atom. The zero-order valence-electron chi connectivity index (χ0n) is 19.0. The van der Waals surface area contributed by atoms with E-state index >= 15 is 0 Å². The number of ether oxygens (including phenoxy) is 1. The molecule has 2 aromatic rings. The highest BCUT2D eigenvalue weighted by atomic mass is 16.5. The SMILES string of the molecule is CCCCCNC(=O)Nc1ccccc1OCCCc1ccc(CN(C)C)cc1C. The summed E-state index contributed by atoms with van der Waals surface area (Å²) in [5.41, 5.74) is 4.73. The first-order valence-electron chi connectivity index (χ1n) is 11.0. The summed E-state index contributed by atoms with van der Waals surface area (Å²) in [5.74, 6) is 0.708. The maximum absolute atomic E-state index is 12.1. The van der Waals surface area contributed by atoms with Crippen LogP contribution in [0.1, 0.15) is 49.3 Å². The molecule has 0 atom stereocenters. The molecular weight excluding hydrogens is 374 g/mol. The number of aryl methyl sites for hydroxylation is 2. The van der Waals surface area contributed by atoms with E-state index in [1.165, 1.54) is 16.7 Å². The van der Waals surface area contributed by atoms with E-state index in [9.17, 15) is 4.79 Å². The van der Waals surface area contributed by atoms with Crippen LogP contribution in [0.25, 0.3) is 0 Å². The van der Waals surface area contributed by atoms with E-state index in [0.717, 1.165) is 38.6 Å². The van der Waals surface area contributed by atoms with Gasteiger partial charge in [0.05, 0.1) is 12.3 Å². The van der Waals surface area contributed by atoms with Crippen molar-refractivity contribution in [3.63, 3.8) is 0 Å². The molecule has 0 unspecified atom stereocenters. The van der Waals surface area contributed by atoms with Crippen LogP contribution >= 0.6 is 0 Å². The fourth-order valence-electron chi connectivity index (χ4n) is 3.39. The van der Waals surface area contributed by atoms with Gasteiger partial charge in [0.15, 0.2) is 0 Å². The van der Waals surface area contributed by atoms with E-state index in [0.29, 0.717) is 24.6 Å². The monoisotopic (exact) mass is 411 g/mol. The van der Waals surface area contributed by atoms with Gasteiger partial charge in [0.2, 0.25) is 0 Å². The van der Waals surface area contributed by atoms with E-state index in [-0.39, 0.29) is 6.03 Å². The van der Waals surface area contributed by atoms with Gasteiger partial charge in [0.25, 0.3) is 0 Å². The van der Waals surface area contributed by atoms with Crippen molar-refractivity contribution in [2.24, 2.45) is 0 Å². The fourth-order valence-corrected chi connectivity index (χ4v) is 3.39. The van der Waals surface area contributed by atoms with E-state index < -0.39 is 0 Å². The van der Waals surface area contributed by atoms with Gasteiger partial charge in [-0.1, -0.05) is 50.1 Å². The molecule has 0 heterocycles. The number of unbranched alkanes of at least 4 members (excludes halogenated alkanes) is 2. The van der Waals surface area contributed by atoms with Crippen molar-refractivity contribution in [3.05, 3.63) is 59.2 Å². The molecule has 0 saturated carbocycles. The number of carbonyl (C=O) groups excluding carboxylic acids is 1. The van der Waals surface area contributed by atoms with Crippen molar-refractivity contribution in [1.29, 1.82) is 0 Å². The Hall–Kier alpha value is -2.53. The van der Waals surface area contributed by atoms with Crippen LogP contribution in [0.3, 0.4) is 0 Å².